The molecule has 31 heavy (non-hydrogen) atoms. The zero-order valence-corrected chi connectivity index (χ0v) is 17.1. The molecule has 1 aromatic heterocycles. The fourth-order valence-electron chi connectivity index (χ4n) is 3.42. The number of amides is 1. The number of carbonyl (C=O) groups is 1. The van der Waals surface area contributed by atoms with Crippen LogP contribution in [0.15, 0.2) is 45.6 Å². The third-order valence-electron chi connectivity index (χ3n) is 4.88. The maximum absolute atomic E-state index is 13.2. The van der Waals surface area contributed by atoms with Crippen LogP contribution in [0, 0.1) is 6.92 Å². The molecule has 0 aliphatic carbocycles. The Bertz CT molecular complexity index is 1170. The van der Waals surface area contributed by atoms with Gasteiger partial charge in [-0.3, -0.25) is 9.59 Å². The molecular formula is C23H23NO7. The molecule has 2 aromatic carbocycles. The van der Waals surface area contributed by atoms with Crippen molar-refractivity contribution in [3.8, 4) is 28.4 Å². The van der Waals surface area contributed by atoms with Gasteiger partial charge in [-0.2, -0.15) is 0 Å². The highest BCUT2D eigenvalue weighted by molar-refractivity contribution is 5.84. The van der Waals surface area contributed by atoms with Gasteiger partial charge in [-0.25, -0.2) is 0 Å². The fourth-order valence-corrected chi connectivity index (χ4v) is 3.42. The number of ether oxygens (including phenoxy) is 3. The van der Waals surface area contributed by atoms with Gasteiger partial charge in [0.2, 0.25) is 5.43 Å². The summed E-state index contributed by atoms with van der Waals surface area (Å²) in [6, 6.07) is 10.2. The average Bonchev–Trinajstić information content (AvgIpc) is 3.01. The first-order valence-corrected chi connectivity index (χ1v) is 10.0. The Balaban J connectivity index is 1.64. The predicted octanol–water partition coefficient (Wildman–Crippen LogP) is 2.42. The molecule has 0 atom stereocenters. The van der Waals surface area contributed by atoms with Crippen molar-refractivity contribution in [2.75, 3.05) is 33.0 Å². The van der Waals surface area contributed by atoms with Gasteiger partial charge < -0.3 is 29.1 Å². The summed E-state index contributed by atoms with van der Waals surface area (Å²) in [4.78, 5) is 24.9. The van der Waals surface area contributed by atoms with Gasteiger partial charge in [0, 0.05) is 19.0 Å². The molecule has 0 spiro atoms. The van der Waals surface area contributed by atoms with Gasteiger partial charge in [0.15, 0.2) is 18.1 Å². The number of aliphatic hydroxyl groups excluding tert-OH is 1. The number of aryl methyl sites for hydroxylation is 1. The Morgan fingerprint density at radius 3 is 2.74 bits per heavy atom. The lowest BCUT2D eigenvalue weighted by Gasteiger charge is -2.12. The summed E-state index contributed by atoms with van der Waals surface area (Å²) in [5.74, 6) is 1.78. The molecule has 0 radical (unpaired) electrons. The Kier molecular flexibility index (Phi) is 6.08. The fraction of sp³-hybridized carbons (Fsp3) is 0.304. The highest BCUT2D eigenvalue weighted by Crippen LogP contribution is 2.35. The lowest BCUT2D eigenvalue weighted by atomic mass is 10.0. The lowest BCUT2D eigenvalue weighted by Crippen LogP contribution is -2.31. The smallest absolute Gasteiger partial charge is 0.258 e. The molecular weight excluding hydrogens is 402 g/mol. The van der Waals surface area contributed by atoms with Crippen molar-refractivity contribution in [3.05, 3.63) is 52.4 Å². The maximum Gasteiger partial charge on any atom is 0.258 e. The molecule has 0 fully saturated rings. The lowest BCUT2D eigenvalue weighted by molar-refractivity contribution is -0.123. The van der Waals surface area contributed by atoms with Gasteiger partial charge in [0.05, 0.1) is 30.8 Å². The average molecular weight is 425 g/mol. The second-order valence-corrected chi connectivity index (χ2v) is 7.09. The van der Waals surface area contributed by atoms with Crippen LogP contribution in [0.5, 0.6) is 17.2 Å². The van der Waals surface area contributed by atoms with Crippen LogP contribution < -0.4 is 25.0 Å². The Morgan fingerprint density at radius 2 is 1.94 bits per heavy atom. The SMILES string of the molecule is Cc1oc2cc(OCC(=O)NCCO)ccc2c(=O)c1-c1ccc2c(c1)OCCCO2. The predicted molar refractivity (Wildman–Crippen MR) is 114 cm³/mol. The molecule has 2 heterocycles. The van der Waals surface area contributed by atoms with Gasteiger partial charge in [-0.15, -0.1) is 0 Å². The van der Waals surface area contributed by atoms with Gasteiger partial charge >= 0.3 is 0 Å². The molecule has 1 aliphatic rings. The maximum atomic E-state index is 13.2. The summed E-state index contributed by atoms with van der Waals surface area (Å²) in [5.41, 5.74) is 1.35. The second-order valence-electron chi connectivity index (χ2n) is 7.09. The number of nitrogens with one attached hydrogen (secondary N) is 1. The largest absolute Gasteiger partial charge is 0.490 e. The molecule has 8 nitrogen and oxygen atoms in total. The normalized spacial score (nSPS) is 13.0. The number of benzene rings is 2. The number of rotatable bonds is 6. The highest BCUT2D eigenvalue weighted by atomic mass is 16.5. The molecule has 0 saturated carbocycles. The van der Waals surface area contributed by atoms with Crippen LogP contribution in [0.2, 0.25) is 0 Å². The van der Waals surface area contributed by atoms with Crippen molar-refractivity contribution in [3.63, 3.8) is 0 Å². The standard InChI is InChI=1S/C23H23NO7/c1-14-22(15-3-6-18-20(11-15)29-10-2-9-28-18)23(27)17-5-4-16(12-19(17)31-14)30-13-21(26)24-7-8-25/h3-6,11-12,25H,2,7-10,13H2,1H3,(H,24,26). The van der Waals surface area contributed by atoms with Crippen LogP contribution in [0.25, 0.3) is 22.1 Å². The Labute approximate surface area is 178 Å². The van der Waals surface area contributed by atoms with Crippen molar-refractivity contribution in [2.45, 2.75) is 13.3 Å². The van der Waals surface area contributed by atoms with Crippen LogP contribution in [-0.2, 0) is 4.79 Å². The molecule has 0 bridgehead atoms. The summed E-state index contributed by atoms with van der Waals surface area (Å²) < 4.78 is 22.8. The van der Waals surface area contributed by atoms with Gasteiger partial charge in [-0.05, 0) is 36.8 Å². The van der Waals surface area contributed by atoms with E-state index in [4.69, 9.17) is 23.7 Å². The van der Waals surface area contributed by atoms with E-state index in [0.717, 1.165) is 6.42 Å². The Hall–Kier alpha value is -3.52. The molecule has 3 aromatic rings. The molecule has 1 amide bonds. The number of fused-ring (bicyclic) bond motifs is 2. The van der Waals surface area contributed by atoms with E-state index in [-0.39, 0.29) is 31.1 Å². The van der Waals surface area contributed by atoms with E-state index in [1.54, 1.807) is 37.3 Å². The van der Waals surface area contributed by atoms with E-state index in [1.165, 1.54) is 0 Å². The van der Waals surface area contributed by atoms with E-state index < -0.39 is 0 Å². The highest BCUT2D eigenvalue weighted by Gasteiger charge is 2.18. The van der Waals surface area contributed by atoms with E-state index in [2.05, 4.69) is 5.32 Å². The minimum absolute atomic E-state index is 0.141. The van der Waals surface area contributed by atoms with Crippen molar-refractivity contribution in [2.24, 2.45) is 0 Å². The van der Waals surface area contributed by atoms with Crippen molar-refractivity contribution < 1.29 is 28.5 Å². The zero-order valence-electron chi connectivity index (χ0n) is 17.1. The van der Waals surface area contributed by atoms with Crippen molar-refractivity contribution >= 4 is 16.9 Å². The van der Waals surface area contributed by atoms with Crippen molar-refractivity contribution in [1.29, 1.82) is 0 Å². The minimum atomic E-state index is -0.350. The van der Waals surface area contributed by atoms with E-state index >= 15 is 0 Å². The first-order valence-electron chi connectivity index (χ1n) is 10.0. The molecule has 0 unspecified atom stereocenters. The van der Waals surface area contributed by atoms with Crippen LogP contribution in [0.4, 0.5) is 0 Å². The topological polar surface area (TPSA) is 107 Å². The first-order chi connectivity index (χ1) is 15.1. The van der Waals surface area contributed by atoms with Gasteiger partial charge in [-0.1, -0.05) is 6.07 Å². The summed E-state index contributed by atoms with van der Waals surface area (Å²) in [5, 5.41) is 11.6. The minimum Gasteiger partial charge on any atom is -0.490 e. The third kappa shape index (κ3) is 4.49. The quantitative estimate of drug-likeness (QED) is 0.625. The number of carbonyl (C=O) groups excluding carboxylic acids is 1. The molecule has 8 heteroatoms. The summed E-state index contributed by atoms with van der Waals surface area (Å²) in [6.45, 7) is 2.70. The van der Waals surface area contributed by atoms with Crippen LogP contribution in [0.1, 0.15) is 12.2 Å². The number of hydrogen-bond donors (Lipinski definition) is 2. The Morgan fingerprint density at radius 1 is 1.13 bits per heavy atom. The zero-order chi connectivity index (χ0) is 21.8. The molecule has 4 rings (SSSR count). The van der Waals surface area contributed by atoms with E-state index in [0.29, 0.717) is 58.3 Å². The molecule has 0 saturated heterocycles. The van der Waals surface area contributed by atoms with Crippen LogP contribution in [-0.4, -0.2) is 44.0 Å². The third-order valence-corrected chi connectivity index (χ3v) is 4.88. The van der Waals surface area contributed by atoms with Gasteiger partial charge in [0.1, 0.15) is 17.1 Å². The second kappa shape index (κ2) is 9.09. The van der Waals surface area contributed by atoms with Gasteiger partial charge in [0.25, 0.3) is 5.91 Å². The molecule has 1 aliphatic heterocycles. The number of hydrogen-bond acceptors (Lipinski definition) is 7. The van der Waals surface area contributed by atoms with E-state index in [1.807, 2.05) is 6.07 Å². The summed E-state index contributed by atoms with van der Waals surface area (Å²) in [7, 11) is 0. The van der Waals surface area contributed by atoms with Crippen LogP contribution >= 0.6 is 0 Å². The number of aliphatic hydroxyl groups is 1. The first kappa shape index (κ1) is 20.7. The summed E-state index contributed by atoms with van der Waals surface area (Å²) in [6.07, 6.45) is 0.800. The monoisotopic (exact) mass is 425 g/mol. The molecule has 2 N–H and O–H groups in total. The van der Waals surface area contributed by atoms with Crippen LogP contribution in [0.3, 0.4) is 0 Å². The van der Waals surface area contributed by atoms with Crippen molar-refractivity contribution in [1.82, 2.24) is 5.32 Å². The summed E-state index contributed by atoms with van der Waals surface area (Å²) >= 11 is 0. The molecule has 162 valence electrons. The van der Waals surface area contributed by atoms with E-state index in [9.17, 15) is 9.59 Å².